The van der Waals surface area contributed by atoms with Crippen LogP contribution in [0.5, 0.6) is 0 Å². The van der Waals surface area contributed by atoms with E-state index in [1.807, 2.05) is 30.3 Å². The number of nitrogens with one attached hydrogen (secondary N) is 1. The molecule has 14 nitrogen and oxygen atoms in total. The molecule has 254 valence electrons. The Morgan fingerprint density at radius 3 is 2.15 bits per heavy atom. The van der Waals surface area contributed by atoms with Crippen LogP contribution in [0.25, 0.3) is 0 Å². The highest BCUT2D eigenvalue weighted by atomic mass is 33.1. The van der Waals surface area contributed by atoms with Crippen molar-refractivity contribution in [1.29, 1.82) is 0 Å². The zero-order valence-corrected chi connectivity index (χ0v) is 28.9. The van der Waals surface area contributed by atoms with Gasteiger partial charge >= 0.3 is 34.3 Å². The van der Waals surface area contributed by atoms with E-state index in [4.69, 9.17) is 32.8 Å². The maximum atomic E-state index is 13.7. The third-order valence-electron chi connectivity index (χ3n) is 5.95. The first-order chi connectivity index (χ1) is 21.7. The Morgan fingerprint density at radius 2 is 1.63 bits per heavy atom. The Labute approximate surface area is 278 Å². The maximum absolute atomic E-state index is 13.7. The molecule has 1 aromatic rings. The largest absolute Gasteiger partial charge is 0.466 e. The minimum absolute atomic E-state index is 0.209. The van der Waals surface area contributed by atoms with Gasteiger partial charge in [0.1, 0.15) is 18.8 Å². The molecule has 0 bridgehead atoms. The van der Waals surface area contributed by atoms with E-state index in [9.17, 15) is 28.8 Å². The molecular weight excluding hydrogens is 667 g/mol. The molecule has 0 spiro atoms. The second kappa shape index (κ2) is 18.8. The summed E-state index contributed by atoms with van der Waals surface area (Å²) in [5, 5.41) is 2.64. The molecule has 1 heterocycles. The van der Waals surface area contributed by atoms with Gasteiger partial charge in [0, 0.05) is 64.6 Å². The zero-order valence-electron chi connectivity index (χ0n) is 26.4. The van der Waals surface area contributed by atoms with Gasteiger partial charge in [-0.1, -0.05) is 18.2 Å². The van der Waals surface area contributed by atoms with Crippen LogP contribution in [0, 0.1) is 0 Å². The van der Waals surface area contributed by atoms with Crippen molar-refractivity contribution in [3.8, 4) is 0 Å². The molecule has 1 amide bonds. The number of ether oxygens (including phenoxy) is 6. The number of amides is 1. The lowest BCUT2D eigenvalue weighted by molar-refractivity contribution is -0.224. The van der Waals surface area contributed by atoms with Crippen LogP contribution in [0.15, 0.2) is 35.2 Å². The van der Waals surface area contributed by atoms with Gasteiger partial charge in [0.25, 0.3) is 6.61 Å². The highest BCUT2D eigenvalue weighted by Crippen LogP contribution is 2.47. The number of methoxy groups -OCH3 is 1. The molecular formula is C29H38NO13S3+. The van der Waals surface area contributed by atoms with Crippen molar-refractivity contribution in [3.63, 3.8) is 0 Å². The van der Waals surface area contributed by atoms with Crippen molar-refractivity contribution < 1.29 is 61.6 Å². The molecule has 46 heavy (non-hydrogen) atoms. The molecule has 2 rings (SSSR count). The summed E-state index contributed by atoms with van der Waals surface area (Å²) in [6.45, 7) is 6.97. The van der Waals surface area contributed by atoms with E-state index in [0.717, 1.165) is 51.5 Å². The number of carbonyl (C=O) groups is 6. The molecule has 0 aliphatic carbocycles. The van der Waals surface area contributed by atoms with Crippen LogP contribution in [-0.2, 0) is 57.2 Å². The summed E-state index contributed by atoms with van der Waals surface area (Å²) in [6, 6.07) is 8.08. The summed E-state index contributed by atoms with van der Waals surface area (Å²) in [4.78, 5) is 73.6. The van der Waals surface area contributed by atoms with Crippen LogP contribution in [0.3, 0.4) is 0 Å². The van der Waals surface area contributed by atoms with Crippen molar-refractivity contribution in [3.05, 3.63) is 30.3 Å². The predicted molar refractivity (Wildman–Crippen MR) is 169 cm³/mol. The van der Waals surface area contributed by atoms with E-state index in [1.165, 1.54) is 28.5 Å². The number of benzene rings is 1. The number of carbonyl (C=O) groups excluding carboxylic acids is 7. The maximum Gasteiger partial charge on any atom is 0.428 e. The average Bonchev–Trinajstić information content (AvgIpc) is 2.97. The Kier molecular flexibility index (Phi) is 15.9. The van der Waals surface area contributed by atoms with Crippen LogP contribution in [-0.4, -0.2) is 95.9 Å². The summed E-state index contributed by atoms with van der Waals surface area (Å²) < 4.78 is 39.4. The molecule has 0 aromatic heterocycles. The van der Waals surface area contributed by atoms with E-state index in [0.29, 0.717) is 0 Å². The molecule has 1 fully saturated rings. The van der Waals surface area contributed by atoms with E-state index >= 15 is 0 Å². The Hall–Kier alpha value is -3.28. The molecule has 17 heteroatoms. The Balaban J connectivity index is 2.74. The second-order valence-electron chi connectivity index (χ2n) is 9.69. The van der Waals surface area contributed by atoms with Crippen molar-refractivity contribution in [1.82, 2.24) is 5.32 Å². The van der Waals surface area contributed by atoms with Gasteiger partial charge < -0.3 is 33.7 Å². The smallest absolute Gasteiger partial charge is 0.428 e. The van der Waals surface area contributed by atoms with Gasteiger partial charge in [-0.2, -0.15) is 0 Å². The number of rotatable bonds is 13. The minimum atomic E-state index is -2.02. The fourth-order valence-electron chi connectivity index (χ4n) is 4.38. The molecule has 1 aromatic carbocycles. The van der Waals surface area contributed by atoms with Gasteiger partial charge in [0.2, 0.25) is 10.8 Å². The van der Waals surface area contributed by atoms with Crippen LogP contribution in [0.4, 0.5) is 4.42 Å². The van der Waals surface area contributed by atoms with Crippen LogP contribution >= 0.6 is 33.3 Å². The molecule has 0 radical (unpaired) electrons. The molecule has 1 N–H and O–H groups in total. The SMILES string of the molecule is CC[O+]=C(SSc1ccccc1)SC1(C(=O)OC)C[C@H](OC(C)=O)[C@@H](NC(C)=O)[C@H]([C@H](OC(C)=O)C(COC(C)=O)OC(C)=O)O1. The van der Waals surface area contributed by atoms with Crippen LogP contribution < -0.4 is 5.32 Å². The molecule has 1 saturated heterocycles. The molecule has 1 aliphatic heterocycles. The van der Waals surface area contributed by atoms with Gasteiger partial charge in [0.15, 0.2) is 12.2 Å². The van der Waals surface area contributed by atoms with Gasteiger partial charge in [-0.3, -0.25) is 24.0 Å². The lowest BCUT2D eigenvalue weighted by atomic mass is 9.89. The van der Waals surface area contributed by atoms with Gasteiger partial charge in [-0.25, -0.2) is 9.22 Å². The number of thioether (sulfide) groups is 1. The highest BCUT2D eigenvalue weighted by molar-refractivity contribution is 8.86. The topological polar surface area (TPSA) is 181 Å². The van der Waals surface area contributed by atoms with E-state index < -0.39 is 77.8 Å². The molecule has 2 unspecified atom stereocenters. The van der Waals surface area contributed by atoms with Crippen molar-refractivity contribution >= 4 is 73.6 Å². The summed E-state index contributed by atoms with van der Waals surface area (Å²) in [7, 11) is 3.66. The third-order valence-corrected chi connectivity index (χ3v) is 9.90. The first kappa shape index (κ1) is 38.9. The average molecular weight is 705 g/mol. The minimum Gasteiger partial charge on any atom is -0.466 e. The summed E-state index contributed by atoms with van der Waals surface area (Å²) in [5.74, 6) is -4.69. The third kappa shape index (κ3) is 12.1. The summed E-state index contributed by atoms with van der Waals surface area (Å²) in [6.07, 6.45) is -6.27. The standard InChI is InChI=1S/C29H37NO13S3/c1-8-38-28(46-45-21-12-10-9-11-13-21)44-29(27(36)37-7)14-22(40-18(4)33)24(30-16(2)31)26(43-29)25(42-20(6)35)23(41-19(5)34)15-39-17(3)32/h9-13,22-26H,8,14-15H2,1-7H3/p+1/t22-,23?,24+,25+,26+,29?/m0/s1. The molecule has 6 atom stereocenters. The van der Waals surface area contributed by atoms with Crippen LogP contribution in [0.2, 0.25) is 0 Å². The monoisotopic (exact) mass is 704 g/mol. The lowest BCUT2D eigenvalue weighted by Crippen LogP contribution is -2.68. The van der Waals surface area contributed by atoms with Gasteiger partial charge in [-0.15, -0.1) is 0 Å². The number of esters is 5. The van der Waals surface area contributed by atoms with E-state index in [2.05, 4.69) is 5.32 Å². The molecule has 1 aliphatic rings. The zero-order chi connectivity index (χ0) is 34.4. The number of hydrogen-bond donors (Lipinski definition) is 1. The van der Waals surface area contributed by atoms with Gasteiger partial charge in [-0.05, 0) is 22.9 Å². The van der Waals surface area contributed by atoms with E-state index in [1.54, 1.807) is 6.92 Å². The fourth-order valence-corrected chi connectivity index (χ4v) is 8.12. The summed E-state index contributed by atoms with van der Waals surface area (Å²) >= 11 is 0.827. The first-order valence-corrected chi connectivity index (χ1v) is 16.9. The van der Waals surface area contributed by atoms with E-state index in [-0.39, 0.29) is 17.5 Å². The Morgan fingerprint density at radius 1 is 0.978 bits per heavy atom. The quantitative estimate of drug-likeness (QED) is 0.137. The lowest BCUT2D eigenvalue weighted by Gasteiger charge is -2.47. The van der Waals surface area contributed by atoms with Crippen molar-refractivity contribution in [2.75, 3.05) is 20.3 Å². The fraction of sp³-hybridized carbons (Fsp3) is 0.552. The second-order valence-corrected chi connectivity index (χ2v) is 13.4. The molecule has 0 saturated carbocycles. The number of hydrogen-bond acceptors (Lipinski definition) is 15. The summed E-state index contributed by atoms with van der Waals surface area (Å²) in [5.41, 5.74) is 0. The van der Waals surface area contributed by atoms with Gasteiger partial charge in [0.05, 0.1) is 23.9 Å². The predicted octanol–water partition coefficient (Wildman–Crippen LogP) is 3.36. The van der Waals surface area contributed by atoms with Crippen molar-refractivity contribution in [2.45, 2.75) is 88.2 Å². The van der Waals surface area contributed by atoms with Crippen molar-refractivity contribution in [2.24, 2.45) is 0 Å². The highest BCUT2D eigenvalue weighted by Gasteiger charge is 2.60. The first-order valence-electron chi connectivity index (χ1n) is 14.0. The normalized spacial score (nSPS) is 22.4. The Bertz CT molecular complexity index is 1280. The van der Waals surface area contributed by atoms with Crippen LogP contribution in [0.1, 0.15) is 48.0 Å².